The van der Waals surface area contributed by atoms with E-state index >= 15 is 0 Å². The highest BCUT2D eigenvalue weighted by Gasteiger charge is 2.19. The Bertz CT molecular complexity index is 591. The van der Waals surface area contributed by atoms with E-state index in [4.69, 9.17) is 5.14 Å². The van der Waals surface area contributed by atoms with E-state index in [2.05, 4.69) is 17.3 Å². The van der Waals surface area contributed by atoms with Gasteiger partial charge in [0, 0.05) is 11.7 Å². The third-order valence-corrected chi connectivity index (χ3v) is 4.94. The van der Waals surface area contributed by atoms with Crippen LogP contribution in [0.3, 0.4) is 0 Å². The first-order valence-electron chi connectivity index (χ1n) is 6.86. The van der Waals surface area contributed by atoms with Crippen LogP contribution in [0.4, 0.5) is 5.69 Å². The zero-order chi connectivity index (χ0) is 14.9. The van der Waals surface area contributed by atoms with Crippen molar-refractivity contribution in [3.05, 3.63) is 23.3 Å². The van der Waals surface area contributed by atoms with Gasteiger partial charge in [-0.1, -0.05) is 0 Å². The van der Waals surface area contributed by atoms with Gasteiger partial charge in [0.25, 0.3) is 0 Å². The zero-order valence-corrected chi connectivity index (χ0v) is 13.1. The number of nitrogens with zero attached hydrogens (tertiary/aromatic N) is 1. The summed E-state index contributed by atoms with van der Waals surface area (Å²) in [6, 6.07) is 3.67. The van der Waals surface area contributed by atoms with E-state index in [0.717, 1.165) is 42.7 Å². The van der Waals surface area contributed by atoms with Crippen LogP contribution < -0.4 is 10.5 Å². The second-order valence-electron chi connectivity index (χ2n) is 5.68. The van der Waals surface area contributed by atoms with Crippen LogP contribution in [0.25, 0.3) is 0 Å². The minimum atomic E-state index is -3.66. The molecule has 0 aromatic heterocycles. The van der Waals surface area contributed by atoms with Crippen LogP contribution in [0.15, 0.2) is 17.0 Å². The predicted molar refractivity (Wildman–Crippen MR) is 81.4 cm³/mol. The maximum Gasteiger partial charge on any atom is 0.238 e. The minimum absolute atomic E-state index is 0.177. The molecule has 2 rings (SSSR count). The number of piperidine rings is 1. The van der Waals surface area contributed by atoms with E-state index in [1.807, 2.05) is 13.8 Å². The first-order valence-corrected chi connectivity index (χ1v) is 8.41. The fraction of sp³-hybridized carbons (Fsp3) is 0.571. The van der Waals surface area contributed by atoms with E-state index in [9.17, 15) is 8.42 Å². The molecule has 0 unspecified atom stereocenters. The number of aryl methyl sites for hydroxylation is 1. The van der Waals surface area contributed by atoms with Crippen molar-refractivity contribution in [1.29, 1.82) is 0 Å². The summed E-state index contributed by atoms with van der Waals surface area (Å²) in [5, 5.41) is 8.71. The monoisotopic (exact) mass is 297 g/mol. The molecule has 1 aliphatic heterocycles. The third kappa shape index (κ3) is 3.50. The Hall–Kier alpha value is -1.11. The van der Waals surface area contributed by atoms with Gasteiger partial charge in [-0.15, -0.1) is 0 Å². The van der Waals surface area contributed by atoms with Gasteiger partial charge in [0.1, 0.15) is 0 Å². The highest BCUT2D eigenvalue weighted by Crippen LogP contribution is 2.25. The smallest absolute Gasteiger partial charge is 0.238 e. The Kier molecular flexibility index (Phi) is 4.36. The lowest BCUT2D eigenvalue weighted by atomic mass is 10.0. The van der Waals surface area contributed by atoms with Crippen LogP contribution in [0.2, 0.25) is 0 Å². The summed E-state index contributed by atoms with van der Waals surface area (Å²) < 4.78 is 23.1. The summed E-state index contributed by atoms with van der Waals surface area (Å²) in [7, 11) is -1.54. The van der Waals surface area contributed by atoms with Gasteiger partial charge in [-0.05, 0) is 70.1 Å². The van der Waals surface area contributed by atoms with Crippen LogP contribution in [-0.4, -0.2) is 39.5 Å². The van der Waals surface area contributed by atoms with Gasteiger partial charge >= 0.3 is 0 Å². The molecule has 112 valence electrons. The number of hydrogen-bond donors (Lipinski definition) is 2. The van der Waals surface area contributed by atoms with Gasteiger partial charge in [0.05, 0.1) is 4.90 Å². The van der Waals surface area contributed by atoms with Crippen molar-refractivity contribution in [2.24, 2.45) is 5.14 Å². The number of hydrogen-bond acceptors (Lipinski definition) is 4. The molecule has 0 spiro atoms. The molecule has 0 atom stereocenters. The Labute approximate surface area is 121 Å². The lowest BCUT2D eigenvalue weighted by molar-refractivity contribution is 0.264. The molecule has 1 aromatic carbocycles. The molecule has 0 amide bonds. The fourth-order valence-corrected chi connectivity index (χ4v) is 3.14. The summed E-state index contributed by atoms with van der Waals surface area (Å²) in [4.78, 5) is 2.48. The average Bonchev–Trinajstić information content (AvgIpc) is 2.36. The molecule has 20 heavy (non-hydrogen) atoms. The molecular formula is C14H23N3O2S. The predicted octanol–water partition coefficient (Wildman–Crippen LogP) is 1.46. The summed E-state index contributed by atoms with van der Waals surface area (Å²) >= 11 is 0. The van der Waals surface area contributed by atoms with Crippen molar-refractivity contribution in [2.45, 2.75) is 37.6 Å². The molecule has 5 nitrogen and oxygen atoms in total. The lowest BCUT2D eigenvalue weighted by Crippen LogP contribution is -2.36. The van der Waals surface area contributed by atoms with Crippen molar-refractivity contribution in [1.82, 2.24) is 4.90 Å². The number of anilines is 1. The van der Waals surface area contributed by atoms with E-state index in [0.29, 0.717) is 6.04 Å². The molecule has 1 fully saturated rings. The highest BCUT2D eigenvalue weighted by molar-refractivity contribution is 7.89. The molecule has 6 heteroatoms. The first-order chi connectivity index (χ1) is 9.27. The Morgan fingerprint density at radius 1 is 1.25 bits per heavy atom. The van der Waals surface area contributed by atoms with Gasteiger partial charge in [0.15, 0.2) is 0 Å². The topological polar surface area (TPSA) is 75.4 Å². The lowest BCUT2D eigenvalue weighted by Gasteiger charge is -2.31. The zero-order valence-electron chi connectivity index (χ0n) is 12.3. The normalized spacial score (nSPS) is 18.2. The van der Waals surface area contributed by atoms with Crippen LogP contribution in [0, 0.1) is 13.8 Å². The number of primary sulfonamides is 1. The van der Waals surface area contributed by atoms with Crippen molar-refractivity contribution in [3.8, 4) is 0 Å². The van der Waals surface area contributed by atoms with Crippen molar-refractivity contribution in [3.63, 3.8) is 0 Å². The van der Waals surface area contributed by atoms with E-state index in [1.165, 1.54) is 0 Å². The molecule has 0 bridgehead atoms. The largest absolute Gasteiger partial charge is 0.382 e. The van der Waals surface area contributed by atoms with Crippen molar-refractivity contribution in [2.75, 3.05) is 25.5 Å². The van der Waals surface area contributed by atoms with Gasteiger partial charge in [0.2, 0.25) is 10.0 Å². The number of nitrogens with two attached hydrogens (primary N) is 1. The molecule has 1 aromatic rings. The molecule has 1 aliphatic rings. The highest BCUT2D eigenvalue weighted by atomic mass is 32.2. The second kappa shape index (κ2) is 5.71. The van der Waals surface area contributed by atoms with Crippen molar-refractivity contribution < 1.29 is 8.42 Å². The first kappa shape index (κ1) is 15.3. The maximum absolute atomic E-state index is 11.5. The van der Waals surface area contributed by atoms with Crippen LogP contribution in [0.5, 0.6) is 0 Å². The molecular weight excluding hydrogens is 274 g/mol. The van der Waals surface area contributed by atoms with Gasteiger partial charge in [-0.3, -0.25) is 0 Å². The average molecular weight is 297 g/mol. The molecule has 0 aliphatic carbocycles. The maximum atomic E-state index is 11.5. The second-order valence-corrected chi connectivity index (χ2v) is 7.24. The van der Waals surface area contributed by atoms with Gasteiger partial charge < -0.3 is 10.2 Å². The number of rotatable bonds is 3. The van der Waals surface area contributed by atoms with Crippen LogP contribution in [-0.2, 0) is 10.0 Å². The van der Waals surface area contributed by atoms with Crippen LogP contribution >= 0.6 is 0 Å². The third-order valence-electron chi connectivity index (χ3n) is 4.05. The van der Waals surface area contributed by atoms with E-state index in [-0.39, 0.29) is 4.90 Å². The number of benzene rings is 1. The van der Waals surface area contributed by atoms with Crippen molar-refractivity contribution >= 4 is 15.7 Å². The van der Waals surface area contributed by atoms with E-state index in [1.54, 1.807) is 12.1 Å². The minimum Gasteiger partial charge on any atom is -0.382 e. The number of likely N-dealkylation sites (tertiary alicyclic amines) is 1. The van der Waals surface area contributed by atoms with E-state index < -0.39 is 10.0 Å². The molecule has 1 heterocycles. The Balaban J connectivity index is 2.25. The number of nitrogens with one attached hydrogen (secondary N) is 1. The summed E-state index contributed by atoms with van der Waals surface area (Å²) in [6.07, 6.45) is 2.13. The SMILES string of the molecule is Cc1cc(S(N)(=O)=O)cc(NC2CCN(C)CC2)c1C. The quantitative estimate of drug-likeness (QED) is 0.885. The molecule has 1 saturated heterocycles. The van der Waals surface area contributed by atoms with Gasteiger partial charge in [-0.2, -0.15) is 0 Å². The molecule has 0 saturated carbocycles. The molecule has 3 N–H and O–H groups in total. The fourth-order valence-electron chi connectivity index (χ4n) is 2.51. The Morgan fingerprint density at radius 2 is 1.85 bits per heavy atom. The summed E-state index contributed by atoms with van der Waals surface area (Å²) in [5.74, 6) is 0. The summed E-state index contributed by atoms with van der Waals surface area (Å²) in [5.41, 5.74) is 2.90. The standard InChI is InChI=1S/C14H23N3O2S/c1-10-8-13(20(15,18)19)9-14(11(10)2)16-12-4-6-17(3)7-5-12/h8-9,12,16H,4-7H2,1-3H3,(H2,15,18,19). The summed E-state index contributed by atoms with van der Waals surface area (Å²) in [6.45, 7) is 6.03. The molecule has 0 radical (unpaired) electrons. The Morgan fingerprint density at radius 3 is 2.40 bits per heavy atom. The van der Waals surface area contributed by atoms with Crippen LogP contribution in [0.1, 0.15) is 24.0 Å². The number of sulfonamides is 1. The van der Waals surface area contributed by atoms with Gasteiger partial charge in [-0.25, -0.2) is 13.6 Å².